The Bertz CT molecular complexity index is 776. The van der Waals surface area contributed by atoms with E-state index in [2.05, 4.69) is 25.6 Å². The van der Waals surface area contributed by atoms with Gasteiger partial charge in [-0.25, -0.2) is 9.97 Å². The fourth-order valence-corrected chi connectivity index (χ4v) is 2.09. The van der Waals surface area contributed by atoms with E-state index in [0.717, 1.165) is 11.3 Å². The molecule has 0 aliphatic carbocycles. The highest BCUT2D eigenvalue weighted by Crippen LogP contribution is 2.04. The van der Waals surface area contributed by atoms with Crippen LogP contribution in [-0.2, 0) is 13.1 Å². The van der Waals surface area contributed by atoms with Crippen LogP contribution in [0.4, 0.5) is 5.95 Å². The molecule has 0 aliphatic heterocycles. The third kappa shape index (κ3) is 4.36. The minimum atomic E-state index is -0.227. The number of amides is 1. The molecule has 0 unspecified atom stereocenters. The highest BCUT2D eigenvalue weighted by Gasteiger charge is 2.07. The molecule has 0 atom stereocenters. The topological polar surface area (TPSA) is 79.8 Å². The minimum absolute atomic E-state index is 0.227. The van der Waals surface area contributed by atoms with Crippen LogP contribution < -0.4 is 10.6 Å². The highest BCUT2D eigenvalue weighted by atomic mass is 16.1. The molecule has 3 aromatic rings. The molecule has 6 nitrogen and oxygen atoms in total. The Morgan fingerprint density at radius 3 is 2.33 bits per heavy atom. The molecule has 24 heavy (non-hydrogen) atoms. The number of nitrogens with one attached hydrogen (secondary N) is 2. The highest BCUT2D eigenvalue weighted by molar-refractivity contribution is 5.93. The average molecular weight is 319 g/mol. The number of carbonyl (C=O) groups excluding carboxylic acids is 1. The zero-order chi connectivity index (χ0) is 16.6. The lowest BCUT2D eigenvalue weighted by Gasteiger charge is -2.06. The second-order valence-electron chi connectivity index (χ2n) is 5.14. The number of carbonyl (C=O) groups is 1. The molecule has 1 aromatic carbocycles. The zero-order valence-electron chi connectivity index (χ0n) is 13.0. The summed E-state index contributed by atoms with van der Waals surface area (Å²) in [6.45, 7) is 1.000. The summed E-state index contributed by atoms with van der Waals surface area (Å²) >= 11 is 0. The number of pyridine rings is 1. The van der Waals surface area contributed by atoms with Gasteiger partial charge in [0.1, 0.15) is 0 Å². The van der Waals surface area contributed by atoms with Crippen LogP contribution >= 0.6 is 0 Å². The van der Waals surface area contributed by atoms with E-state index >= 15 is 0 Å². The number of aromatic nitrogens is 3. The summed E-state index contributed by atoms with van der Waals surface area (Å²) in [5.41, 5.74) is 2.35. The predicted octanol–water partition coefficient (Wildman–Crippen LogP) is 2.41. The largest absolute Gasteiger partial charge is 0.350 e. The van der Waals surface area contributed by atoms with Gasteiger partial charge in [-0.05, 0) is 17.7 Å². The Hall–Kier alpha value is -3.28. The van der Waals surface area contributed by atoms with Gasteiger partial charge < -0.3 is 10.6 Å². The lowest BCUT2D eigenvalue weighted by atomic mass is 10.2. The Balaban J connectivity index is 1.53. The van der Waals surface area contributed by atoms with Crippen LogP contribution in [0, 0.1) is 0 Å². The SMILES string of the molecule is O=C(NCc1ccccn1)c1cnc(NCc2ccccc2)nc1. The van der Waals surface area contributed by atoms with E-state index in [1.54, 1.807) is 6.20 Å². The van der Waals surface area contributed by atoms with Crippen molar-refractivity contribution in [3.05, 3.63) is 83.9 Å². The number of benzene rings is 1. The van der Waals surface area contributed by atoms with Crippen LogP contribution in [0.3, 0.4) is 0 Å². The number of nitrogens with zero attached hydrogens (tertiary/aromatic N) is 3. The van der Waals surface area contributed by atoms with Gasteiger partial charge in [-0.2, -0.15) is 0 Å². The summed E-state index contributed by atoms with van der Waals surface area (Å²) in [4.78, 5) is 24.6. The summed E-state index contributed by atoms with van der Waals surface area (Å²) in [6, 6.07) is 15.5. The van der Waals surface area contributed by atoms with E-state index in [4.69, 9.17) is 0 Å². The summed E-state index contributed by atoms with van der Waals surface area (Å²) in [5, 5.41) is 5.91. The maximum absolute atomic E-state index is 12.1. The smallest absolute Gasteiger partial charge is 0.254 e. The molecule has 0 aliphatic rings. The first-order valence-electron chi connectivity index (χ1n) is 7.59. The van der Waals surface area contributed by atoms with Crippen molar-refractivity contribution in [2.75, 3.05) is 5.32 Å². The number of hydrogen-bond donors (Lipinski definition) is 2. The first kappa shape index (κ1) is 15.6. The number of anilines is 1. The molecule has 0 bridgehead atoms. The molecular formula is C18H17N5O. The van der Waals surface area contributed by atoms with E-state index < -0.39 is 0 Å². The molecule has 1 amide bonds. The van der Waals surface area contributed by atoms with Gasteiger partial charge in [0.25, 0.3) is 5.91 Å². The Morgan fingerprint density at radius 2 is 1.62 bits per heavy atom. The lowest BCUT2D eigenvalue weighted by molar-refractivity contribution is 0.0949. The fourth-order valence-electron chi connectivity index (χ4n) is 2.09. The Labute approximate surface area is 140 Å². The van der Waals surface area contributed by atoms with Crippen LogP contribution in [0.2, 0.25) is 0 Å². The van der Waals surface area contributed by atoms with Crippen LogP contribution in [-0.4, -0.2) is 20.9 Å². The molecular weight excluding hydrogens is 302 g/mol. The van der Waals surface area contributed by atoms with Crippen molar-refractivity contribution in [1.29, 1.82) is 0 Å². The Morgan fingerprint density at radius 1 is 0.875 bits per heavy atom. The average Bonchev–Trinajstić information content (AvgIpc) is 2.66. The molecule has 2 N–H and O–H groups in total. The van der Waals surface area contributed by atoms with Gasteiger partial charge in [0.2, 0.25) is 5.95 Å². The van der Waals surface area contributed by atoms with Gasteiger partial charge in [0.15, 0.2) is 0 Å². The maximum Gasteiger partial charge on any atom is 0.254 e. The third-order valence-corrected chi connectivity index (χ3v) is 3.36. The van der Waals surface area contributed by atoms with E-state index in [1.165, 1.54) is 12.4 Å². The van der Waals surface area contributed by atoms with Crippen LogP contribution in [0.15, 0.2) is 67.1 Å². The predicted molar refractivity (Wildman–Crippen MR) is 91.2 cm³/mol. The van der Waals surface area contributed by atoms with E-state index in [1.807, 2.05) is 48.5 Å². The van der Waals surface area contributed by atoms with E-state index in [9.17, 15) is 4.79 Å². The molecule has 2 heterocycles. The van der Waals surface area contributed by atoms with Crippen molar-refractivity contribution in [3.63, 3.8) is 0 Å². The maximum atomic E-state index is 12.1. The monoisotopic (exact) mass is 319 g/mol. The van der Waals surface area contributed by atoms with Gasteiger partial charge in [-0.1, -0.05) is 36.4 Å². The molecule has 0 spiro atoms. The summed E-state index contributed by atoms with van der Waals surface area (Å²) in [7, 11) is 0. The Kier molecular flexibility index (Phi) is 5.09. The molecule has 0 fully saturated rings. The van der Waals surface area contributed by atoms with E-state index in [0.29, 0.717) is 24.6 Å². The molecule has 6 heteroatoms. The lowest BCUT2D eigenvalue weighted by Crippen LogP contribution is -2.23. The van der Waals surface area contributed by atoms with Crippen molar-refractivity contribution in [2.24, 2.45) is 0 Å². The van der Waals surface area contributed by atoms with Gasteiger partial charge >= 0.3 is 0 Å². The van der Waals surface area contributed by atoms with Crippen molar-refractivity contribution in [1.82, 2.24) is 20.3 Å². The molecule has 120 valence electrons. The van der Waals surface area contributed by atoms with Gasteiger partial charge in [-0.3, -0.25) is 9.78 Å². The number of rotatable bonds is 6. The zero-order valence-corrected chi connectivity index (χ0v) is 13.0. The number of hydrogen-bond acceptors (Lipinski definition) is 5. The summed E-state index contributed by atoms with van der Waals surface area (Å²) in [6.07, 6.45) is 4.71. The van der Waals surface area contributed by atoms with Crippen molar-refractivity contribution in [2.45, 2.75) is 13.1 Å². The van der Waals surface area contributed by atoms with Crippen molar-refractivity contribution < 1.29 is 4.79 Å². The fraction of sp³-hybridized carbons (Fsp3) is 0.111. The molecule has 3 rings (SSSR count). The van der Waals surface area contributed by atoms with Crippen LogP contribution in [0.5, 0.6) is 0 Å². The third-order valence-electron chi connectivity index (χ3n) is 3.36. The van der Waals surface area contributed by atoms with Gasteiger partial charge in [-0.15, -0.1) is 0 Å². The standard InChI is InChI=1S/C18H17N5O/c24-17(20-13-16-8-4-5-9-19-16)15-11-22-18(23-12-15)21-10-14-6-2-1-3-7-14/h1-9,11-12H,10,13H2,(H,20,24)(H,21,22,23). The quantitative estimate of drug-likeness (QED) is 0.729. The molecule has 0 radical (unpaired) electrons. The summed E-state index contributed by atoms with van der Waals surface area (Å²) < 4.78 is 0. The second-order valence-corrected chi connectivity index (χ2v) is 5.14. The minimum Gasteiger partial charge on any atom is -0.350 e. The first-order chi connectivity index (χ1) is 11.8. The molecule has 2 aromatic heterocycles. The molecule has 0 saturated heterocycles. The van der Waals surface area contributed by atoms with Gasteiger partial charge in [0, 0.05) is 25.1 Å². The van der Waals surface area contributed by atoms with Crippen LogP contribution in [0.1, 0.15) is 21.6 Å². The van der Waals surface area contributed by atoms with E-state index in [-0.39, 0.29) is 5.91 Å². The molecule has 0 saturated carbocycles. The van der Waals surface area contributed by atoms with Crippen molar-refractivity contribution >= 4 is 11.9 Å². The van der Waals surface area contributed by atoms with Gasteiger partial charge in [0.05, 0.1) is 17.8 Å². The second kappa shape index (κ2) is 7.82. The first-order valence-corrected chi connectivity index (χ1v) is 7.59. The summed E-state index contributed by atoms with van der Waals surface area (Å²) in [5.74, 6) is 0.260. The van der Waals surface area contributed by atoms with Crippen LogP contribution in [0.25, 0.3) is 0 Å². The normalized spacial score (nSPS) is 10.2. The van der Waals surface area contributed by atoms with Crippen molar-refractivity contribution in [3.8, 4) is 0 Å².